The van der Waals surface area contributed by atoms with Crippen LogP contribution in [0.25, 0.3) is 11.1 Å². The Morgan fingerprint density at radius 3 is 2.00 bits per heavy atom. The maximum Gasteiger partial charge on any atom is 0.407 e. The van der Waals surface area contributed by atoms with Gasteiger partial charge < -0.3 is 14.8 Å². The number of hydrogen-bond acceptors (Lipinski definition) is 4. The van der Waals surface area contributed by atoms with Crippen LogP contribution in [0.5, 0.6) is 0 Å². The average molecular weight is 420 g/mol. The van der Waals surface area contributed by atoms with E-state index in [0.29, 0.717) is 0 Å². The number of terminal acetylenes is 1. The Morgan fingerprint density at radius 2 is 1.52 bits per heavy atom. The molecule has 0 heterocycles. The molecule has 162 valence electrons. The van der Waals surface area contributed by atoms with Crippen LogP contribution in [0.4, 0.5) is 4.79 Å². The summed E-state index contributed by atoms with van der Waals surface area (Å²) in [5, 5.41) is 2.67. The molecule has 1 amide bonds. The number of amides is 1. The summed E-state index contributed by atoms with van der Waals surface area (Å²) in [7, 11) is 0. The zero-order valence-electron chi connectivity index (χ0n) is 18.7. The molecule has 1 aliphatic rings. The van der Waals surface area contributed by atoms with Gasteiger partial charge in [-0.1, -0.05) is 75.2 Å². The molecule has 0 aromatic heterocycles. The molecule has 1 atom stereocenters. The SMILES string of the molecule is C#CC(C)(C)OC(=O)[C@@H](NC(=O)OCC1c2ccccc2-c2ccccc21)C(C)(C)C. The third-order valence-corrected chi connectivity index (χ3v) is 5.41. The standard InChI is InChI=1S/C26H29NO4/c1-7-26(5,6)31-23(28)22(25(2,3)4)27-24(29)30-16-21-19-14-10-8-12-17(19)18-13-9-11-15-20(18)21/h1,8-15,21-22H,16H2,2-6H3,(H,27,29)/t22-/m1/s1. The highest BCUT2D eigenvalue weighted by Gasteiger charge is 2.37. The highest BCUT2D eigenvalue weighted by atomic mass is 16.6. The summed E-state index contributed by atoms with van der Waals surface area (Å²) in [5.41, 5.74) is 2.90. The highest BCUT2D eigenvalue weighted by molar-refractivity contribution is 5.83. The van der Waals surface area contributed by atoms with E-state index in [4.69, 9.17) is 15.9 Å². The Bertz CT molecular complexity index is 981. The van der Waals surface area contributed by atoms with Crippen molar-refractivity contribution in [2.75, 3.05) is 6.61 Å². The summed E-state index contributed by atoms with van der Waals surface area (Å²) < 4.78 is 11.0. The summed E-state index contributed by atoms with van der Waals surface area (Å²) in [4.78, 5) is 25.3. The minimum atomic E-state index is -1.07. The molecule has 3 rings (SSSR count). The Labute approximate surface area is 184 Å². The molecule has 5 nitrogen and oxygen atoms in total. The molecule has 0 fully saturated rings. The minimum absolute atomic E-state index is 0.0569. The number of alkyl carbamates (subject to hydrolysis) is 1. The number of fused-ring (bicyclic) bond motifs is 3. The van der Waals surface area contributed by atoms with E-state index in [1.54, 1.807) is 13.8 Å². The van der Waals surface area contributed by atoms with Crippen molar-refractivity contribution in [3.63, 3.8) is 0 Å². The van der Waals surface area contributed by atoms with Gasteiger partial charge in [0.05, 0.1) is 0 Å². The Hall–Kier alpha value is -3.26. The van der Waals surface area contributed by atoms with E-state index in [9.17, 15) is 9.59 Å². The summed E-state index contributed by atoms with van der Waals surface area (Å²) in [6, 6.07) is 15.3. The largest absolute Gasteiger partial charge is 0.449 e. The van der Waals surface area contributed by atoms with Crippen LogP contribution in [-0.4, -0.2) is 30.3 Å². The first-order valence-corrected chi connectivity index (χ1v) is 10.4. The molecule has 2 aromatic rings. The highest BCUT2D eigenvalue weighted by Crippen LogP contribution is 2.44. The van der Waals surface area contributed by atoms with Crippen molar-refractivity contribution in [3.05, 3.63) is 59.7 Å². The van der Waals surface area contributed by atoms with Crippen LogP contribution in [0, 0.1) is 17.8 Å². The topological polar surface area (TPSA) is 64.6 Å². The lowest BCUT2D eigenvalue weighted by molar-refractivity contribution is -0.157. The smallest absolute Gasteiger partial charge is 0.407 e. The molecule has 1 aliphatic carbocycles. The summed E-state index contributed by atoms with van der Waals surface area (Å²) in [6.45, 7) is 8.93. The van der Waals surface area contributed by atoms with Crippen LogP contribution in [-0.2, 0) is 14.3 Å². The predicted octanol–water partition coefficient (Wildman–Crippen LogP) is 4.89. The van der Waals surface area contributed by atoms with Crippen LogP contribution in [0.15, 0.2) is 48.5 Å². The molecule has 2 aromatic carbocycles. The quantitative estimate of drug-likeness (QED) is 0.553. The number of benzene rings is 2. The predicted molar refractivity (Wildman–Crippen MR) is 120 cm³/mol. The third-order valence-electron chi connectivity index (χ3n) is 5.41. The molecule has 0 bridgehead atoms. The van der Waals surface area contributed by atoms with Crippen molar-refractivity contribution < 1.29 is 19.1 Å². The van der Waals surface area contributed by atoms with Crippen LogP contribution >= 0.6 is 0 Å². The molecule has 31 heavy (non-hydrogen) atoms. The molecule has 0 spiro atoms. The fourth-order valence-electron chi connectivity index (χ4n) is 3.73. The summed E-state index contributed by atoms with van der Waals surface area (Å²) >= 11 is 0. The number of esters is 1. The van der Waals surface area contributed by atoms with Crippen LogP contribution < -0.4 is 5.32 Å². The molecular formula is C26H29NO4. The van der Waals surface area contributed by atoms with Crippen molar-refractivity contribution >= 4 is 12.1 Å². The van der Waals surface area contributed by atoms with Crippen molar-refractivity contribution in [2.45, 2.75) is 52.2 Å². The van der Waals surface area contributed by atoms with Crippen molar-refractivity contribution in [3.8, 4) is 23.5 Å². The zero-order chi connectivity index (χ0) is 22.8. The lowest BCUT2D eigenvalue weighted by Crippen LogP contribution is -2.51. The van der Waals surface area contributed by atoms with Gasteiger partial charge in [-0.2, -0.15) is 0 Å². The van der Waals surface area contributed by atoms with Crippen molar-refractivity contribution in [1.82, 2.24) is 5.32 Å². The Morgan fingerprint density at radius 1 is 1.00 bits per heavy atom. The minimum Gasteiger partial charge on any atom is -0.449 e. The normalized spacial score (nSPS) is 14.1. The van der Waals surface area contributed by atoms with E-state index in [1.165, 1.54) is 0 Å². The first kappa shape index (κ1) is 22.4. The van der Waals surface area contributed by atoms with E-state index in [1.807, 2.05) is 45.0 Å². The van der Waals surface area contributed by atoms with Crippen molar-refractivity contribution in [2.24, 2.45) is 5.41 Å². The van der Waals surface area contributed by atoms with Gasteiger partial charge in [-0.05, 0) is 41.5 Å². The monoisotopic (exact) mass is 419 g/mol. The Kier molecular flexibility index (Phi) is 6.13. The van der Waals surface area contributed by atoms with Gasteiger partial charge in [-0.25, -0.2) is 9.59 Å². The second-order valence-electron chi connectivity index (χ2n) is 9.34. The van der Waals surface area contributed by atoms with E-state index in [-0.39, 0.29) is 12.5 Å². The number of rotatable bonds is 5. The van der Waals surface area contributed by atoms with E-state index < -0.39 is 29.1 Å². The number of nitrogens with one attached hydrogen (secondary N) is 1. The van der Waals surface area contributed by atoms with E-state index in [2.05, 4.69) is 35.5 Å². The maximum atomic E-state index is 12.7. The van der Waals surface area contributed by atoms with Gasteiger partial charge in [0.15, 0.2) is 5.60 Å². The molecule has 1 N–H and O–H groups in total. The van der Waals surface area contributed by atoms with Crippen LogP contribution in [0.1, 0.15) is 51.7 Å². The van der Waals surface area contributed by atoms with Gasteiger partial charge >= 0.3 is 12.1 Å². The lowest BCUT2D eigenvalue weighted by Gasteiger charge is -2.31. The molecule has 0 aliphatic heterocycles. The number of hydrogen-bond donors (Lipinski definition) is 1. The summed E-state index contributed by atoms with van der Waals surface area (Å²) in [6.07, 6.45) is 4.75. The first-order chi connectivity index (χ1) is 14.5. The maximum absolute atomic E-state index is 12.7. The lowest BCUT2D eigenvalue weighted by atomic mass is 9.86. The van der Waals surface area contributed by atoms with Gasteiger partial charge in [-0.15, -0.1) is 6.42 Å². The van der Waals surface area contributed by atoms with E-state index in [0.717, 1.165) is 22.3 Å². The van der Waals surface area contributed by atoms with Gasteiger partial charge in [0.2, 0.25) is 0 Å². The summed E-state index contributed by atoms with van der Waals surface area (Å²) in [5.74, 6) is 1.78. The molecule has 0 unspecified atom stereocenters. The molecule has 0 saturated heterocycles. The Balaban J connectivity index is 1.71. The van der Waals surface area contributed by atoms with Crippen LogP contribution in [0.3, 0.4) is 0 Å². The number of ether oxygens (including phenoxy) is 2. The third kappa shape index (κ3) is 4.91. The average Bonchev–Trinajstić information content (AvgIpc) is 3.03. The fourth-order valence-corrected chi connectivity index (χ4v) is 3.73. The van der Waals surface area contributed by atoms with Gasteiger partial charge in [0.25, 0.3) is 0 Å². The molecule has 5 heteroatoms. The molecule has 0 saturated carbocycles. The van der Waals surface area contributed by atoms with E-state index >= 15 is 0 Å². The van der Waals surface area contributed by atoms with Gasteiger partial charge in [-0.3, -0.25) is 0 Å². The second-order valence-corrected chi connectivity index (χ2v) is 9.34. The second kappa shape index (κ2) is 8.47. The van der Waals surface area contributed by atoms with Crippen LogP contribution in [0.2, 0.25) is 0 Å². The fraction of sp³-hybridized carbons (Fsp3) is 0.385. The van der Waals surface area contributed by atoms with Gasteiger partial charge in [0.1, 0.15) is 12.6 Å². The van der Waals surface area contributed by atoms with Crippen molar-refractivity contribution in [1.29, 1.82) is 0 Å². The first-order valence-electron chi connectivity index (χ1n) is 10.4. The number of carbonyl (C=O) groups excluding carboxylic acids is 2. The zero-order valence-corrected chi connectivity index (χ0v) is 18.7. The number of carbonyl (C=O) groups is 2. The van der Waals surface area contributed by atoms with Gasteiger partial charge in [0, 0.05) is 5.92 Å². The molecular weight excluding hydrogens is 390 g/mol. The molecule has 0 radical (unpaired) electrons.